The van der Waals surface area contributed by atoms with Gasteiger partial charge in [0.2, 0.25) is 10.0 Å². The number of hydrogen-bond acceptors (Lipinski definition) is 4. The monoisotopic (exact) mass is 423 g/mol. The van der Waals surface area contributed by atoms with E-state index in [9.17, 15) is 34.7 Å². The quantitative estimate of drug-likeness (QED) is 0.590. The first kappa shape index (κ1) is 21.0. The highest BCUT2D eigenvalue weighted by molar-refractivity contribution is 7.89. The molecule has 2 rings (SSSR count). The van der Waals surface area contributed by atoms with Crippen molar-refractivity contribution in [3.8, 4) is 0 Å². The number of halogens is 4. The summed E-state index contributed by atoms with van der Waals surface area (Å²) in [4.78, 5) is -0.805. The average molecular weight is 423 g/mol. The predicted octanol–water partition coefficient (Wildman–Crippen LogP) is 2.76. The summed E-state index contributed by atoms with van der Waals surface area (Å²) in [6.07, 6.45) is -2.76. The molecule has 6 nitrogen and oxygen atoms in total. The molecule has 2 aromatic carbocycles. The predicted molar refractivity (Wildman–Crippen MR) is 89.7 cm³/mol. The molecule has 1 atom stereocenters. The minimum Gasteiger partial charge on any atom is -0.755 e. The van der Waals surface area contributed by atoms with E-state index in [1.54, 1.807) is 0 Å². The summed E-state index contributed by atoms with van der Waals surface area (Å²) in [6.45, 7) is 0. The number of benzene rings is 2. The van der Waals surface area contributed by atoms with Crippen molar-refractivity contribution in [1.29, 1.82) is 0 Å². The van der Waals surface area contributed by atoms with Crippen LogP contribution >= 0.6 is 0 Å². The Labute approximate surface area is 154 Å². The molecule has 0 aromatic heterocycles. The SMILES string of the molecule is NS(=O)(=O)c1cc(F)ccc1N(C=Cc1cccc(C(F)(F)F)c1)S(=O)[O-]. The Bertz CT molecular complexity index is 1010. The number of nitrogens with two attached hydrogens (primary N) is 1. The summed E-state index contributed by atoms with van der Waals surface area (Å²) in [6, 6.07) is 6.21. The minimum atomic E-state index is -4.59. The van der Waals surface area contributed by atoms with Crippen LogP contribution in [0.4, 0.5) is 23.2 Å². The molecule has 0 aliphatic rings. The Kier molecular flexibility index (Phi) is 6.04. The van der Waals surface area contributed by atoms with Crippen molar-refractivity contribution in [3.05, 3.63) is 65.6 Å². The van der Waals surface area contributed by atoms with Crippen molar-refractivity contribution in [2.24, 2.45) is 5.14 Å². The van der Waals surface area contributed by atoms with Crippen molar-refractivity contribution in [2.45, 2.75) is 11.1 Å². The van der Waals surface area contributed by atoms with Gasteiger partial charge in [-0.15, -0.1) is 0 Å². The maximum absolute atomic E-state index is 13.3. The first-order valence-corrected chi connectivity index (χ1v) is 9.54. The van der Waals surface area contributed by atoms with Crippen LogP contribution in [0, 0.1) is 5.82 Å². The van der Waals surface area contributed by atoms with Gasteiger partial charge in [0.05, 0.1) is 22.5 Å². The van der Waals surface area contributed by atoms with E-state index >= 15 is 0 Å². The van der Waals surface area contributed by atoms with Crippen molar-refractivity contribution in [3.63, 3.8) is 0 Å². The summed E-state index contributed by atoms with van der Waals surface area (Å²) >= 11 is -3.07. The molecule has 0 fully saturated rings. The Morgan fingerprint density at radius 3 is 2.37 bits per heavy atom. The Morgan fingerprint density at radius 2 is 1.81 bits per heavy atom. The van der Waals surface area contributed by atoms with Gasteiger partial charge in [-0.1, -0.05) is 12.1 Å². The van der Waals surface area contributed by atoms with Crippen LogP contribution < -0.4 is 9.44 Å². The molecule has 0 heterocycles. The Morgan fingerprint density at radius 1 is 1.15 bits per heavy atom. The summed E-state index contributed by atoms with van der Waals surface area (Å²) in [5, 5.41) is 4.97. The lowest BCUT2D eigenvalue weighted by molar-refractivity contribution is -0.137. The zero-order valence-corrected chi connectivity index (χ0v) is 14.8. The van der Waals surface area contributed by atoms with E-state index in [2.05, 4.69) is 0 Å². The number of rotatable bonds is 5. The maximum Gasteiger partial charge on any atom is 0.416 e. The second kappa shape index (κ2) is 7.76. The molecule has 27 heavy (non-hydrogen) atoms. The molecule has 0 spiro atoms. The Balaban J connectivity index is 2.50. The first-order valence-electron chi connectivity index (χ1n) is 6.96. The molecule has 0 radical (unpaired) electrons. The number of anilines is 1. The maximum atomic E-state index is 13.3. The zero-order chi connectivity index (χ0) is 20.4. The molecule has 0 amide bonds. The fraction of sp³-hybridized carbons (Fsp3) is 0.0667. The molecule has 2 N–H and O–H groups in total. The molecule has 0 bridgehead atoms. The van der Waals surface area contributed by atoms with E-state index in [0.29, 0.717) is 10.4 Å². The number of nitrogens with zero attached hydrogens (tertiary/aromatic N) is 1. The van der Waals surface area contributed by atoms with Crippen LogP contribution in [0.15, 0.2) is 53.6 Å². The van der Waals surface area contributed by atoms with Crippen LogP contribution in [0.3, 0.4) is 0 Å². The molecule has 0 aliphatic heterocycles. The van der Waals surface area contributed by atoms with E-state index < -0.39 is 49.4 Å². The van der Waals surface area contributed by atoms with Crippen LogP contribution in [0.1, 0.15) is 11.1 Å². The lowest BCUT2D eigenvalue weighted by Gasteiger charge is -2.24. The van der Waals surface area contributed by atoms with Crippen molar-refractivity contribution < 1.29 is 34.7 Å². The largest absolute Gasteiger partial charge is 0.755 e. The number of primary sulfonamides is 1. The molecule has 0 saturated carbocycles. The minimum absolute atomic E-state index is 0.000424. The summed E-state index contributed by atoms with van der Waals surface area (Å²) in [7, 11) is -4.48. The second-order valence-corrected chi connectivity index (χ2v) is 7.50. The van der Waals surface area contributed by atoms with E-state index in [1.165, 1.54) is 6.07 Å². The zero-order valence-electron chi connectivity index (χ0n) is 13.2. The van der Waals surface area contributed by atoms with Gasteiger partial charge >= 0.3 is 6.18 Å². The van der Waals surface area contributed by atoms with Gasteiger partial charge in [0.15, 0.2) is 0 Å². The fourth-order valence-electron chi connectivity index (χ4n) is 2.08. The van der Waals surface area contributed by atoms with Crippen molar-refractivity contribution in [2.75, 3.05) is 4.31 Å². The third-order valence-corrected chi connectivity index (χ3v) is 4.82. The number of alkyl halides is 3. The standard InChI is InChI=1S/C15H12F4N2O4S2/c16-12-4-5-13(14(9-12)27(20,24)25)21(26(22)23)7-6-10-2-1-3-11(8-10)15(17,18)19/h1-9H,(H,22,23)(H2,20,24,25)/p-1. The summed E-state index contributed by atoms with van der Waals surface area (Å²) in [5.74, 6) is -0.971. The molecule has 146 valence electrons. The Hall–Kier alpha value is -2.28. The van der Waals surface area contributed by atoms with Gasteiger partial charge < -0.3 is 4.55 Å². The number of sulfonamides is 1. The average Bonchev–Trinajstić information content (AvgIpc) is 2.54. The van der Waals surface area contributed by atoms with Crippen LogP contribution in [-0.2, 0) is 27.5 Å². The molecule has 1 unspecified atom stereocenters. The molecular weight excluding hydrogens is 412 g/mol. The van der Waals surface area contributed by atoms with Crippen molar-refractivity contribution >= 4 is 33.1 Å². The summed E-state index contributed by atoms with van der Waals surface area (Å²) < 4.78 is 98.1. The van der Waals surface area contributed by atoms with Crippen LogP contribution in [0.25, 0.3) is 6.08 Å². The van der Waals surface area contributed by atoms with Crippen LogP contribution in [-0.4, -0.2) is 17.2 Å². The summed E-state index contributed by atoms with van der Waals surface area (Å²) in [5.41, 5.74) is -1.44. The van der Waals surface area contributed by atoms with Gasteiger partial charge in [0.1, 0.15) is 10.7 Å². The topological polar surface area (TPSA) is 104 Å². The second-order valence-electron chi connectivity index (χ2n) is 5.14. The highest BCUT2D eigenvalue weighted by atomic mass is 32.2. The lowest BCUT2D eigenvalue weighted by Crippen LogP contribution is -2.23. The molecule has 0 saturated heterocycles. The van der Waals surface area contributed by atoms with Gasteiger partial charge in [-0.3, -0.25) is 8.51 Å². The highest BCUT2D eigenvalue weighted by Crippen LogP contribution is 2.30. The fourth-order valence-corrected chi connectivity index (χ4v) is 3.35. The third kappa shape index (κ3) is 5.35. The van der Waals surface area contributed by atoms with Gasteiger partial charge in [-0.25, -0.2) is 17.9 Å². The van der Waals surface area contributed by atoms with E-state index in [1.807, 2.05) is 0 Å². The van der Waals surface area contributed by atoms with Gasteiger partial charge in [-0.05, 0) is 42.0 Å². The first-order chi connectivity index (χ1) is 12.4. The van der Waals surface area contributed by atoms with Gasteiger partial charge in [0.25, 0.3) is 0 Å². The lowest BCUT2D eigenvalue weighted by atomic mass is 10.1. The van der Waals surface area contributed by atoms with E-state index in [-0.39, 0.29) is 5.56 Å². The molecule has 2 aromatic rings. The number of hydrogen-bond donors (Lipinski definition) is 1. The van der Waals surface area contributed by atoms with Crippen LogP contribution in [0.2, 0.25) is 0 Å². The van der Waals surface area contributed by atoms with Gasteiger partial charge in [-0.2, -0.15) is 13.2 Å². The van der Waals surface area contributed by atoms with E-state index in [0.717, 1.165) is 42.6 Å². The van der Waals surface area contributed by atoms with Crippen molar-refractivity contribution in [1.82, 2.24) is 0 Å². The van der Waals surface area contributed by atoms with Crippen LogP contribution in [0.5, 0.6) is 0 Å². The highest BCUT2D eigenvalue weighted by Gasteiger charge is 2.30. The molecule has 12 heteroatoms. The molecule has 0 aliphatic carbocycles. The van der Waals surface area contributed by atoms with Gasteiger partial charge in [0, 0.05) is 6.20 Å². The smallest absolute Gasteiger partial charge is 0.416 e. The molecular formula is C15H11F4N2O4S2-. The third-order valence-electron chi connectivity index (χ3n) is 3.24. The van der Waals surface area contributed by atoms with E-state index in [4.69, 9.17) is 5.14 Å². The normalized spacial score (nSPS) is 13.7.